The van der Waals surface area contributed by atoms with Crippen molar-refractivity contribution in [3.8, 4) is 0 Å². The first-order valence-electron chi connectivity index (χ1n) is 7.58. The van der Waals surface area contributed by atoms with Crippen molar-refractivity contribution < 1.29 is 0 Å². The van der Waals surface area contributed by atoms with Crippen LogP contribution in [0.15, 0.2) is 18.7 Å². The Balaban J connectivity index is 3.19. The van der Waals surface area contributed by atoms with Crippen LogP contribution in [0.3, 0.4) is 0 Å². The van der Waals surface area contributed by atoms with E-state index in [9.17, 15) is 0 Å². The third-order valence-electron chi connectivity index (χ3n) is 3.70. The molecule has 0 spiro atoms. The van der Waals surface area contributed by atoms with E-state index in [1.54, 1.807) is 0 Å². The molecule has 1 rings (SSSR count). The molecule has 1 atom stereocenters. The van der Waals surface area contributed by atoms with Gasteiger partial charge in [-0.1, -0.05) is 20.8 Å². The molecule has 3 heteroatoms. The van der Waals surface area contributed by atoms with Gasteiger partial charge in [0, 0.05) is 36.1 Å². The average molecular weight is 279 g/mol. The van der Waals surface area contributed by atoms with Crippen molar-refractivity contribution in [2.45, 2.75) is 86.0 Å². The van der Waals surface area contributed by atoms with Gasteiger partial charge < -0.3 is 4.57 Å². The summed E-state index contributed by atoms with van der Waals surface area (Å²) in [5.41, 5.74) is 0.443. The summed E-state index contributed by atoms with van der Waals surface area (Å²) in [6, 6.07) is 0.441. The van der Waals surface area contributed by atoms with Crippen LogP contribution in [0.25, 0.3) is 0 Å². The summed E-state index contributed by atoms with van der Waals surface area (Å²) < 4.78 is 2.19. The Morgan fingerprint density at radius 2 is 1.45 bits per heavy atom. The Morgan fingerprint density at radius 1 is 0.950 bits per heavy atom. The Bertz CT molecular complexity index is 385. The number of imidazole rings is 1. The van der Waals surface area contributed by atoms with Crippen molar-refractivity contribution in [1.29, 1.82) is 0 Å². The molecule has 0 aliphatic carbocycles. The topological polar surface area (TPSA) is 21.1 Å². The van der Waals surface area contributed by atoms with Crippen LogP contribution in [0.1, 0.15) is 62.3 Å². The van der Waals surface area contributed by atoms with Crippen LogP contribution in [-0.4, -0.2) is 31.6 Å². The highest BCUT2D eigenvalue weighted by Gasteiger charge is 2.42. The fourth-order valence-corrected chi connectivity index (χ4v) is 3.28. The zero-order valence-corrected chi connectivity index (χ0v) is 14.9. The maximum atomic E-state index is 4.19. The van der Waals surface area contributed by atoms with Gasteiger partial charge in [0.1, 0.15) is 0 Å². The maximum absolute atomic E-state index is 4.19. The molecule has 0 fully saturated rings. The molecule has 0 aromatic carbocycles. The molecule has 116 valence electrons. The molecule has 0 bridgehead atoms. The quantitative estimate of drug-likeness (QED) is 0.827. The van der Waals surface area contributed by atoms with Crippen LogP contribution < -0.4 is 0 Å². The van der Waals surface area contributed by atoms with Gasteiger partial charge in [0.05, 0.1) is 6.33 Å². The summed E-state index contributed by atoms with van der Waals surface area (Å²) >= 11 is 0. The van der Waals surface area contributed by atoms with Gasteiger partial charge in [0.2, 0.25) is 0 Å². The van der Waals surface area contributed by atoms with Crippen molar-refractivity contribution in [2.24, 2.45) is 5.41 Å². The fraction of sp³-hybridized carbons (Fsp3) is 0.824. The van der Waals surface area contributed by atoms with E-state index >= 15 is 0 Å². The van der Waals surface area contributed by atoms with Crippen molar-refractivity contribution in [3.05, 3.63) is 18.7 Å². The molecule has 0 N–H and O–H groups in total. The molecule has 1 aromatic rings. The molecular weight excluding hydrogens is 246 g/mol. The summed E-state index contributed by atoms with van der Waals surface area (Å²) in [4.78, 5) is 6.84. The van der Waals surface area contributed by atoms with E-state index in [2.05, 4.69) is 83.0 Å². The van der Waals surface area contributed by atoms with Crippen LogP contribution in [0.5, 0.6) is 0 Å². The third-order valence-corrected chi connectivity index (χ3v) is 3.70. The molecule has 3 nitrogen and oxygen atoms in total. The molecule has 0 radical (unpaired) electrons. The van der Waals surface area contributed by atoms with Crippen LogP contribution in [-0.2, 0) is 6.54 Å². The molecule has 0 aliphatic heterocycles. The minimum absolute atomic E-state index is 0.122. The monoisotopic (exact) mass is 279 g/mol. The summed E-state index contributed by atoms with van der Waals surface area (Å²) in [7, 11) is 0. The van der Waals surface area contributed by atoms with Crippen molar-refractivity contribution >= 4 is 0 Å². The number of hydrogen-bond donors (Lipinski definition) is 0. The van der Waals surface area contributed by atoms with Gasteiger partial charge in [0.25, 0.3) is 0 Å². The predicted octanol–water partition coefficient (Wildman–Crippen LogP) is 4.20. The summed E-state index contributed by atoms with van der Waals surface area (Å²) in [5.74, 6) is 0. The molecule has 1 aromatic heterocycles. The Labute approximate surface area is 125 Å². The van der Waals surface area contributed by atoms with Crippen LogP contribution in [0, 0.1) is 5.41 Å². The van der Waals surface area contributed by atoms with Crippen molar-refractivity contribution in [3.63, 3.8) is 0 Å². The lowest BCUT2D eigenvalue weighted by Gasteiger charge is -2.54. The third kappa shape index (κ3) is 4.34. The molecule has 0 saturated heterocycles. The van der Waals surface area contributed by atoms with Crippen molar-refractivity contribution in [1.82, 2.24) is 14.5 Å². The minimum Gasteiger partial charge on any atom is -0.336 e. The van der Waals surface area contributed by atoms with Gasteiger partial charge in [0.15, 0.2) is 0 Å². The van der Waals surface area contributed by atoms with E-state index in [-0.39, 0.29) is 16.5 Å². The first-order valence-corrected chi connectivity index (χ1v) is 7.58. The van der Waals surface area contributed by atoms with E-state index in [1.807, 2.05) is 12.5 Å². The largest absolute Gasteiger partial charge is 0.336 e. The number of hydrogen-bond acceptors (Lipinski definition) is 2. The zero-order valence-electron chi connectivity index (χ0n) is 14.9. The lowest BCUT2D eigenvalue weighted by molar-refractivity contribution is -0.0538. The van der Waals surface area contributed by atoms with E-state index in [0.717, 1.165) is 6.54 Å². The second kappa shape index (κ2) is 5.51. The average Bonchev–Trinajstić information content (AvgIpc) is 2.63. The lowest BCUT2D eigenvalue weighted by Crippen LogP contribution is -2.62. The van der Waals surface area contributed by atoms with Gasteiger partial charge in [-0.15, -0.1) is 0 Å². The summed E-state index contributed by atoms with van der Waals surface area (Å²) in [6.07, 6.45) is 5.84. The molecule has 0 saturated carbocycles. The van der Waals surface area contributed by atoms with E-state index in [0.29, 0.717) is 6.04 Å². The highest BCUT2D eigenvalue weighted by Crippen LogP contribution is 2.36. The molecule has 0 aliphatic rings. The summed E-state index contributed by atoms with van der Waals surface area (Å²) in [5, 5.41) is 0. The van der Waals surface area contributed by atoms with E-state index in [1.165, 1.54) is 0 Å². The smallest absolute Gasteiger partial charge is 0.0946 e. The first kappa shape index (κ1) is 17.2. The SMILES string of the molecule is CC(C)(C)C(Cn1ccnc1)N(C(C)(C)C)C(C)(C)C. The maximum Gasteiger partial charge on any atom is 0.0946 e. The highest BCUT2D eigenvalue weighted by molar-refractivity contribution is 4.97. The summed E-state index contributed by atoms with van der Waals surface area (Å²) in [6.45, 7) is 21.8. The van der Waals surface area contributed by atoms with Gasteiger partial charge in [-0.05, 0) is 47.0 Å². The fourth-order valence-electron chi connectivity index (χ4n) is 3.28. The van der Waals surface area contributed by atoms with Gasteiger partial charge in [-0.2, -0.15) is 0 Å². The van der Waals surface area contributed by atoms with Gasteiger partial charge in [-0.3, -0.25) is 4.90 Å². The van der Waals surface area contributed by atoms with Crippen LogP contribution in [0.4, 0.5) is 0 Å². The Kier molecular flexibility index (Phi) is 4.75. The minimum atomic E-state index is 0.122. The van der Waals surface area contributed by atoms with Crippen molar-refractivity contribution in [2.75, 3.05) is 0 Å². The normalized spacial score (nSPS) is 15.7. The molecular formula is C17H33N3. The molecule has 20 heavy (non-hydrogen) atoms. The van der Waals surface area contributed by atoms with Crippen LogP contribution in [0.2, 0.25) is 0 Å². The molecule has 1 unspecified atom stereocenters. The second-order valence-electron chi connectivity index (χ2n) is 8.85. The number of rotatable bonds is 3. The van der Waals surface area contributed by atoms with Gasteiger partial charge >= 0.3 is 0 Å². The second-order valence-corrected chi connectivity index (χ2v) is 8.85. The highest BCUT2D eigenvalue weighted by atomic mass is 15.3. The number of nitrogens with zero attached hydrogens (tertiary/aromatic N) is 3. The zero-order chi connectivity index (χ0) is 15.8. The van der Waals surface area contributed by atoms with E-state index < -0.39 is 0 Å². The predicted molar refractivity (Wildman–Crippen MR) is 86.8 cm³/mol. The molecule has 1 heterocycles. The lowest BCUT2D eigenvalue weighted by atomic mass is 9.80. The number of aromatic nitrogens is 2. The van der Waals surface area contributed by atoms with Gasteiger partial charge in [-0.25, -0.2) is 4.98 Å². The Hall–Kier alpha value is -0.830. The van der Waals surface area contributed by atoms with E-state index in [4.69, 9.17) is 0 Å². The Morgan fingerprint density at radius 3 is 1.75 bits per heavy atom. The van der Waals surface area contributed by atoms with Crippen LogP contribution >= 0.6 is 0 Å². The first-order chi connectivity index (χ1) is 8.83. The molecule has 0 amide bonds. The standard InChI is InChI=1S/C17H33N3/c1-15(2,3)14(12-19-11-10-18-13-19)20(16(4,5)6)17(7,8)9/h10-11,13-14H,12H2,1-9H3.